The zero-order valence-corrected chi connectivity index (χ0v) is 13.5. The molecule has 23 heavy (non-hydrogen) atoms. The maximum atomic E-state index is 11.2. The molecule has 0 aromatic carbocycles. The van der Waals surface area contributed by atoms with Gasteiger partial charge in [-0.1, -0.05) is 30.4 Å². The number of carbonyl (C=O) groups excluding carboxylic acids is 2. The highest BCUT2D eigenvalue weighted by molar-refractivity contribution is 5.66. The molecular weight excluding hydrogens is 300 g/mol. The molecule has 0 radical (unpaired) electrons. The van der Waals surface area contributed by atoms with Crippen LogP contribution < -0.4 is 0 Å². The fourth-order valence-electron chi connectivity index (χ4n) is 1.90. The van der Waals surface area contributed by atoms with E-state index in [-0.39, 0.29) is 12.7 Å². The fraction of sp³-hybridized carbons (Fsp3) is 0.529. The van der Waals surface area contributed by atoms with Gasteiger partial charge in [-0.2, -0.15) is 0 Å². The molecular formula is C17H24O6. The van der Waals surface area contributed by atoms with E-state index < -0.39 is 24.1 Å². The molecule has 1 heterocycles. The van der Waals surface area contributed by atoms with E-state index in [0.717, 1.165) is 12.8 Å². The summed E-state index contributed by atoms with van der Waals surface area (Å²) in [4.78, 5) is 22.0. The van der Waals surface area contributed by atoms with Crippen LogP contribution in [0.25, 0.3) is 0 Å². The van der Waals surface area contributed by atoms with Crippen molar-refractivity contribution in [3.8, 4) is 0 Å². The van der Waals surface area contributed by atoms with Crippen molar-refractivity contribution in [3.63, 3.8) is 0 Å². The first-order valence-corrected chi connectivity index (χ1v) is 7.61. The van der Waals surface area contributed by atoms with Gasteiger partial charge in [0.1, 0.15) is 18.8 Å². The molecule has 0 saturated carbocycles. The van der Waals surface area contributed by atoms with Gasteiger partial charge >= 0.3 is 11.9 Å². The molecule has 1 N–H and O–H groups in total. The Morgan fingerprint density at radius 2 is 2.13 bits per heavy atom. The molecule has 0 saturated heterocycles. The highest BCUT2D eigenvalue weighted by atomic mass is 16.6. The maximum Gasteiger partial charge on any atom is 0.303 e. The van der Waals surface area contributed by atoms with Gasteiger partial charge in [-0.15, -0.1) is 0 Å². The van der Waals surface area contributed by atoms with Crippen molar-refractivity contribution in [1.29, 1.82) is 0 Å². The van der Waals surface area contributed by atoms with E-state index >= 15 is 0 Å². The monoisotopic (exact) mass is 324 g/mol. The van der Waals surface area contributed by atoms with E-state index in [1.54, 1.807) is 12.2 Å². The van der Waals surface area contributed by atoms with E-state index in [1.807, 2.05) is 18.2 Å². The van der Waals surface area contributed by atoms with Crippen LogP contribution in [-0.2, 0) is 23.8 Å². The Hall–Kier alpha value is -1.92. The number of hydrogen-bond donors (Lipinski definition) is 1. The van der Waals surface area contributed by atoms with Crippen molar-refractivity contribution in [2.45, 2.75) is 45.0 Å². The van der Waals surface area contributed by atoms with E-state index in [9.17, 15) is 14.7 Å². The molecule has 0 aliphatic carbocycles. The van der Waals surface area contributed by atoms with Crippen LogP contribution >= 0.6 is 0 Å². The van der Waals surface area contributed by atoms with Crippen LogP contribution in [0.15, 0.2) is 36.5 Å². The van der Waals surface area contributed by atoms with Gasteiger partial charge in [0.25, 0.3) is 0 Å². The van der Waals surface area contributed by atoms with Crippen molar-refractivity contribution < 1.29 is 28.9 Å². The molecule has 0 spiro atoms. The lowest BCUT2D eigenvalue weighted by molar-refractivity contribution is -0.154. The summed E-state index contributed by atoms with van der Waals surface area (Å²) >= 11 is 0. The average Bonchev–Trinajstić information content (AvgIpc) is 2.62. The van der Waals surface area contributed by atoms with Gasteiger partial charge in [0.05, 0.1) is 6.10 Å². The van der Waals surface area contributed by atoms with Crippen molar-refractivity contribution in [2.75, 3.05) is 13.2 Å². The Kier molecular flexibility index (Phi) is 8.94. The number of carbonyl (C=O) groups is 2. The normalized spacial score (nSPS) is 23.9. The lowest BCUT2D eigenvalue weighted by Gasteiger charge is -2.20. The summed E-state index contributed by atoms with van der Waals surface area (Å²) in [6.07, 6.45) is 10.6. The van der Waals surface area contributed by atoms with Gasteiger partial charge < -0.3 is 19.3 Å². The van der Waals surface area contributed by atoms with Gasteiger partial charge in [-0.3, -0.25) is 9.59 Å². The van der Waals surface area contributed by atoms with Crippen LogP contribution in [0, 0.1) is 0 Å². The fourth-order valence-corrected chi connectivity index (χ4v) is 1.90. The molecule has 1 aliphatic heterocycles. The minimum atomic E-state index is -1.14. The third-order valence-electron chi connectivity index (χ3n) is 3.00. The highest BCUT2D eigenvalue weighted by Gasteiger charge is 2.21. The zero-order valence-electron chi connectivity index (χ0n) is 13.5. The second-order valence-corrected chi connectivity index (χ2v) is 5.12. The summed E-state index contributed by atoms with van der Waals surface area (Å²) < 4.78 is 15.5. The second-order valence-electron chi connectivity index (χ2n) is 5.12. The smallest absolute Gasteiger partial charge is 0.303 e. The molecule has 1 rings (SSSR count). The van der Waals surface area contributed by atoms with E-state index in [1.165, 1.54) is 13.8 Å². The van der Waals surface area contributed by atoms with Gasteiger partial charge in [0.15, 0.2) is 0 Å². The molecule has 1 aliphatic rings. The molecule has 0 amide bonds. The van der Waals surface area contributed by atoms with Gasteiger partial charge in [-0.05, 0) is 18.9 Å². The van der Waals surface area contributed by atoms with Crippen LogP contribution in [0.1, 0.15) is 26.7 Å². The van der Waals surface area contributed by atoms with E-state index in [2.05, 4.69) is 6.08 Å². The van der Waals surface area contributed by atoms with Crippen molar-refractivity contribution in [3.05, 3.63) is 36.5 Å². The molecule has 0 fully saturated rings. The van der Waals surface area contributed by atoms with Gasteiger partial charge in [0, 0.05) is 20.5 Å². The number of allylic oxidation sites excluding steroid dienone is 3. The van der Waals surface area contributed by atoms with Gasteiger partial charge in [0.2, 0.25) is 0 Å². The number of aliphatic hydroxyl groups is 1. The third-order valence-corrected chi connectivity index (χ3v) is 3.00. The summed E-state index contributed by atoms with van der Waals surface area (Å²) in [6, 6.07) is 0. The number of esters is 2. The Morgan fingerprint density at radius 1 is 1.35 bits per heavy atom. The summed E-state index contributed by atoms with van der Waals surface area (Å²) in [5.74, 6) is -1.04. The number of aliphatic hydroxyl groups excluding tert-OH is 1. The quantitative estimate of drug-likeness (QED) is 0.591. The van der Waals surface area contributed by atoms with Gasteiger partial charge in [-0.25, -0.2) is 0 Å². The molecule has 0 aromatic heterocycles. The van der Waals surface area contributed by atoms with Crippen molar-refractivity contribution in [2.24, 2.45) is 0 Å². The molecule has 3 atom stereocenters. The number of rotatable bonds is 6. The Bertz CT molecular complexity index is 466. The van der Waals surface area contributed by atoms with Crippen LogP contribution in [0.2, 0.25) is 0 Å². The second kappa shape index (κ2) is 10.7. The van der Waals surface area contributed by atoms with Crippen LogP contribution in [0.5, 0.6) is 0 Å². The highest BCUT2D eigenvalue weighted by Crippen LogP contribution is 2.09. The molecule has 6 nitrogen and oxygen atoms in total. The molecule has 0 aromatic rings. The van der Waals surface area contributed by atoms with Crippen LogP contribution in [0.3, 0.4) is 0 Å². The predicted octanol–water partition coefficient (Wildman–Crippen LogP) is 1.69. The van der Waals surface area contributed by atoms with E-state index in [4.69, 9.17) is 14.2 Å². The first-order valence-electron chi connectivity index (χ1n) is 7.61. The molecule has 1 unspecified atom stereocenters. The van der Waals surface area contributed by atoms with Crippen LogP contribution in [0.4, 0.5) is 0 Å². The molecule has 6 heteroatoms. The molecule has 0 bridgehead atoms. The summed E-state index contributed by atoms with van der Waals surface area (Å²) in [6.45, 7) is 2.85. The Balaban J connectivity index is 2.69. The first-order chi connectivity index (χ1) is 11.0. The van der Waals surface area contributed by atoms with Crippen molar-refractivity contribution in [1.82, 2.24) is 0 Å². The maximum absolute atomic E-state index is 11.2. The third kappa shape index (κ3) is 8.95. The lowest BCUT2D eigenvalue weighted by Crippen LogP contribution is -2.33. The predicted molar refractivity (Wildman–Crippen MR) is 84.6 cm³/mol. The topological polar surface area (TPSA) is 82.1 Å². The lowest BCUT2D eigenvalue weighted by atomic mass is 10.1. The minimum absolute atomic E-state index is 0.248. The minimum Gasteiger partial charge on any atom is -0.463 e. The standard InChI is InChI=1S/C17H24O6/c1-13(18)22-12-16(20)17(23-14(2)19)10-9-15-8-6-4-3-5-7-11-21-15/h3-4,6,8-10,15-17,20H,5,7,11-12H2,1-2H3/b4-3-,8-6-,10-9+/t15?,16-,17+/m1/s1. The zero-order chi connectivity index (χ0) is 17.1. The summed E-state index contributed by atoms with van der Waals surface area (Å²) in [5.41, 5.74) is 0. The largest absolute Gasteiger partial charge is 0.463 e. The summed E-state index contributed by atoms with van der Waals surface area (Å²) in [5, 5.41) is 10.0. The average molecular weight is 324 g/mol. The molecule has 128 valence electrons. The summed E-state index contributed by atoms with van der Waals surface area (Å²) in [7, 11) is 0. The number of hydrogen-bond acceptors (Lipinski definition) is 6. The van der Waals surface area contributed by atoms with Crippen LogP contribution in [-0.4, -0.2) is 48.6 Å². The Labute approximate surface area is 136 Å². The van der Waals surface area contributed by atoms with E-state index in [0.29, 0.717) is 6.61 Å². The number of ether oxygens (including phenoxy) is 3. The Morgan fingerprint density at radius 3 is 2.83 bits per heavy atom. The van der Waals surface area contributed by atoms with Crippen molar-refractivity contribution >= 4 is 11.9 Å². The SMILES string of the molecule is CC(=O)OC[C@@H](O)[C@H](/C=C/C1/C=C\C=C/CCCO1)OC(C)=O. The first kappa shape index (κ1) is 19.1.